The number of halogens is 1. The Kier molecular flexibility index (Phi) is 9.26. The molecule has 0 aliphatic rings. The van der Waals surface area contributed by atoms with E-state index in [1.54, 1.807) is 67.6 Å². The van der Waals surface area contributed by atoms with E-state index in [1.807, 2.05) is 13.0 Å². The van der Waals surface area contributed by atoms with Crippen molar-refractivity contribution in [1.82, 2.24) is 5.43 Å². The average molecular weight is 543 g/mol. The second kappa shape index (κ2) is 12.4. The molecular formula is C26H27ClN4O5S. The number of nitrogens with one attached hydrogen (secondary N) is 2. The molecule has 0 aromatic heterocycles. The lowest BCUT2D eigenvalue weighted by atomic mass is 10.1. The third kappa shape index (κ3) is 8.33. The number of hydrogen-bond donors (Lipinski definition) is 2. The highest BCUT2D eigenvalue weighted by molar-refractivity contribution is 7.92. The molecule has 9 nitrogen and oxygen atoms in total. The number of ether oxygens (including phenoxy) is 1. The highest BCUT2D eigenvalue weighted by Crippen LogP contribution is 2.23. The van der Waals surface area contributed by atoms with Crippen LogP contribution >= 0.6 is 11.6 Å². The molecule has 0 saturated carbocycles. The lowest BCUT2D eigenvalue weighted by Crippen LogP contribution is -2.39. The minimum absolute atomic E-state index is 0.202. The van der Waals surface area contributed by atoms with Gasteiger partial charge in [0.05, 0.1) is 28.9 Å². The molecule has 11 heteroatoms. The van der Waals surface area contributed by atoms with Crippen LogP contribution in [0.3, 0.4) is 0 Å². The van der Waals surface area contributed by atoms with Gasteiger partial charge in [-0.25, -0.2) is 13.8 Å². The predicted octanol–water partition coefficient (Wildman–Crippen LogP) is 3.89. The Balaban J connectivity index is 1.52. The van der Waals surface area contributed by atoms with Crippen molar-refractivity contribution in [2.24, 2.45) is 5.10 Å². The van der Waals surface area contributed by atoms with Crippen LogP contribution in [0.15, 0.2) is 71.8 Å². The Hall–Kier alpha value is -3.89. The van der Waals surface area contributed by atoms with Crippen molar-refractivity contribution in [2.75, 3.05) is 29.0 Å². The third-order valence-electron chi connectivity index (χ3n) is 5.11. The molecule has 0 atom stereocenters. The molecular weight excluding hydrogens is 516 g/mol. The fourth-order valence-electron chi connectivity index (χ4n) is 3.36. The topological polar surface area (TPSA) is 117 Å². The average Bonchev–Trinajstić information content (AvgIpc) is 2.83. The lowest BCUT2D eigenvalue weighted by Gasteiger charge is -2.23. The fourth-order valence-corrected chi connectivity index (χ4v) is 4.46. The van der Waals surface area contributed by atoms with Gasteiger partial charge in [0.2, 0.25) is 10.0 Å². The van der Waals surface area contributed by atoms with Gasteiger partial charge in [-0.1, -0.05) is 41.4 Å². The van der Waals surface area contributed by atoms with Crippen LogP contribution in [-0.2, 0) is 19.6 Å². The maximum absolute atomic E-state index is 12.4. The minimum Gasteiger partial charge on any atom is -0.484 e. The number of benzene rings is 3. The van der Waals surface area contributed by atoms with E-state index < -0.39 is 22.5 Å². The molecule has 3 aromatic carbocycles. The fraction of sp³-hybridized carbons (Fsp3) is 0.192. The first-order valence-corrected chi connectivity index (χ1v) is 13.4. The van der Waals surface area contributed by atoms with E-state index in [9.17, 15) is 18.0 Å². The molecule has 3 aromatic rings. The van der Waals surface area contributed by atoms with Crippen LogP contribution in [0.2, 0.25) is 5.02 Å². The Morgan fingerprint density at radius 3 is 2.38 bits per heavy atom. The number of carbonyl (C=O) groups is 2. The molecule has 0 bridgehead atoms. The van der Waals surface area contributed by atoms with E-state index in [2.05, 4.69) is 15.8 Å². The summed E-state index contributed by atoms with van der Waals surface area (Å²) in [4.78, 5) is 24.5. The predicted molar refractivity (Wildman–Crippen MR) is 146 cm³/mol. The number of anilines is 2. The summed E-state index contributed by atoms with van der Waals surface area (Å²) in [6.45, 7) is 3.07. The molecule has 2 amide bonds. The molecule has 0 fully saturated rings. The zero-order chi connectivity index (χ0) is 27.0. The van der Waals surface area contributed by atoms with Crippen molar-refractivity contribution in [2.45, 2.75) is 13.8 Å². The van der Waals surface area contributed by atoms with Crippen LogP contribution in [0.4, 0.5) is 11.4 Å². The summed E-state index contributed by atoms with van der Waals surface area (Å²) >= 11 is 6.02. The van der Waals surface area contributed by atoms with E-state index in [-0.39, 0.29) is 12.5 Å². The van der Waals surface area contributed by atoms with E-state index in [4.69, 9.17) is 16.3 Å². The molecule has 194 valence electrons. The Bertz CT molecular complexity index is 1410. The summed E-state index contributed by atoms with van der Waals surface area (Å²) in [5.74, 6) is -0.482. The highest BCUT2D eigenvalue weighted by Gasteiger charge is 2.22. The number of aryl methyl sites for hydroxylation is 2. The summed E-state index contributed by atoms with van der Waals surface area (Å²) in [5.41, 5.74) is 5.66. The van der Waals surface area contributed by atoms with Gasteiger partial charge in [0.15, 0.2) is 6.61 Å². The molecule has 0 radical (unpaired) electrons. The first-order chi connectivity index (χ1) is 17.5. The molecule has 0 aliphatic heterocycles. The van der Waals surface area contributed by atoms with Crippen LogP contribution in [0.5, 0.6) is 5.75 Å². The highest BCUT2D eigenvalue weighted by atomic mass is 35.5. The first kappa shape index (κ1) is 27.7. The van der Waals surface area contributed by atoms with Crippen LogP contribution in [0.25, 0.3) is 0 Å². The second-order valence-corrected chi connectivity index (χ2v) is 10.6. The van der Waals surface area contributed by atoms with Crippen molar-refractivity contribution in [3.8, 4) is 5.75 Å². The lowest BCUT2D eigenvalue weighted by molar-refractivity contribution is -0.119. The number of amides is 2. The molecule has 3 rings (SSSR count). The van der Waals surface area contributed by atoms with Gasteiger partial charge in [0.25, 0.3) is 11.8 Å². The molecule has 2 N–H and O–H groups in total. The second-order valence-electron chi connectivity index (χ2n) is 8.24. The standard InChI is InChI=1S/C26H27ClN4O5S/c1-18-8-13-24(19(2)14-18)31(37(3,34)35)16-25(32)30-28-15-20-9-11-21(12-10-20)36-17-26(33)29-23-7-5-4-6-22(23)27/h4-15H,16-17H2,1-3H3,(H,29,33)(H,30,32)/b28-15-. The van der Waals surface area contributed by atoms with E-state index in [0.29, 0.717) is 27.7 Å². The maximum atomic E-state index is 12.4. The van der Waals surface area contributed by atoms with E-state index in [1.165, 1.54) is 6.21 Å². The number of carbonyl (C=O) groups excluding carboxylic acids is 2. The largest absolute Gasteiger partial charge is 0.484 e. The monoisotopic (exact) mass is 542 g/mol. The Morgan fingerprint density at radius 2 is 1.73 bits per heavy atom. The minimum atomic E-state index is -3.69. The van der Waals surface area contributed by atoms with Crippen LogP contribution in [-0.4, -0.2) is 45.9 Å². The normalized spacial score (nSPS) is 11.2. The van der Waals surface area contributed by atoms with Crippen molar-refractivity contribution >= 4 is 51.0 Å². The zero-order valence-electron chi connectivity index (χ0n) is 20.6. The molecule has 0 heterocycles. The number of sulfonamides is 1. The van der Waals surface area contributed by atoms with Gasteiger partial charge >= 0.3 is 0 Å². The summed E-state index contributed by atoms with van der Waals surface area (Å²) in [6.07, 6.45) is 2.46. The Labute approximate surface area is 221 Å². The van der Waals surface area contributed by atoms with Gasteiger partial charge in [0.1, 0.15) is 12.3 Å². The zero-order valence-corrected chi connectivity index (χ0v) is 22.1. The summed E-state index contributed by atoms with van der Waals surface area (Å²) in [5, 5.41) is 7.00. The van der Waals surface area contributed by atoms with Gasteiger partial charge in [-0.15, -0.1) is 0 Å². The smallest absolute Gasteiger partial charge is 0.262 e. The molecule has 0 saturated heterocycles. The summed E-state index contributed by atoms with van der Waals surface area (Å²) in [7, 11) is -3.69. The van der Waals surface area contributed by atoms with Crippen LogP contribution in [0, 0.1) is 13.8 Å². The van der Waals surface area contributed by atoms with E-state index >= 15 is 0 Å². The van der Waals surface area contributed by atoms with Gasteiger partial charge in [-0.05, 0) is 67.4 Å². The quantitative estimate of drug-likeness (QED) is 0.298. The van der Waals surface area contributed by atoms with Gasteiger partial charge in [-0.2, -0.15) is 5.10 Å². The molecule has 0 unspecified atom stereocenters. The number of hydrogen-bond acceptors (Lipinski definition) is 6. The van der Waals surface area contributed by atoms with Gasteiger partial charge in [-0.3, -0.25) is 13.9 Å². The van der Waals surface area contributed by atoms with Crippen molar-refractivity contribution in [1.29, 1.82) is 0 Å². The first-order valence-electron chi connectivity index (χ1n) is 11.2. The molecule has 0 aliphatic carbocycles. The number of hydrazone groups is 1. The molecule has 0 spiro atoms. The number of nitrogens with zero attached hydrogens (tertiary/aromatic N) is 2. The van der Waals surface area contributed by atoms with Gasteiger partial charge < -0.3 is 10.1 Å². The van der Waals surface area contributed by atoms with Crippen LogP contribution < -0.4 is 19.8 Å². The van der Waals surface area contributed by atoms with Gasteiger partial charge in [0, 0.05) is 0 Å². The third-order valence-corrected chi connectivity index (χ3v) is 6.57. The maximum Gasteiger partial charge on any atom is 0.262 e. The number of para-hydroxylation sites is 1. The van der Waals surface area contributed by atoms with E-state index in [0.717, 1.165) is 21.7 Å². The SMILES string of the molecule is Cc1ccc(N(CC(=O)N/N=C\c2ccc(OCC(=O)Nc3ccccc3Cl)cc2)S(C)(=O)=O)c(C)c1. The molecule has 37 heavy (non-hydrogen) atoms. The Morgan fingerprint density at radius 1 is 1.03 bits per heavy atom. The summed E-state index contributed by atoms with van der Waals surface area (Å²) < 4.78 is 31.1. The summed E-state index contributed by atoms with van der Waals surface area (Å²) in [6, 6.07) is 18.9. The van der Waals surface area contributed by atoms with Crippen LogP contribution in [0.1, 0.15) is 16.7 Å². The van der Waals surface area contributed by atoms with Crippen molar-refractivity contribution < 1.29 is 22.7 Å². The van der Waals surface area contributed by atoms with Crippen molar-refractivity contribution in [3.63, 3.8) is 0 Å². The van der Waals surface area contributed by atoms with Crippen molar-refractivity contribution in [3.05, 3.63) is 88.4 Å². The number of rotatable bonds is 10.